The maximum Gasteiger partial charge on any atom is 0.137 e. The average Bonchev–Trinajstić information content (AvgIpc) is 2.50. The highest BCUT2D eigenvalue weighted by atomic mass is 16.1. The van der Waals surface area contributed by atoms with Crippen LogP contribution < -0.4 is 5.32 Å². The van der Waals surface area contributed by atoms with Crippen LogP contribution in [0.25, 0.3) is 10.9 Å². The highest BCUT2D eigenvalue weighted by Crippen LogP contribution is 2.31. The first-order valence-electron chi connectivity index (χ1n) is 7.04. The Hall–Kier alpha value is -2.48. The molecule has 3 rings (SSSR count). The van der Waals surface area contributed by atoms with E-state index in [-0.39, 0.29) is 5.54 Å². The summed E-state index contributed by atoms with van der Waals surface area (Å²) in [5.41, 5.74) is 1.25. The third-order valence-corrected chi connectivity index (χ3v) is 4.10. The summed E-state index contributed by atoms with van der Waals surface area (Å²) in [6.07, 6.45) is 4.34. The first-order valence-corrected chi connectivity index (χ1v) is 7.04. The van der Waals surface area contributed by atoms with Gasteiger partial charge in [0.1, 0.15) is 17.9 Å². The second kappa shape index (κ2) is 5.13. The molecule has 1 aliphatic carbocycles. The van der Waals surface area contributed by atoms with Gasteiger partial charge in [0.15, 0.2) is 0 Å². The molecule has 0 radical (unpaired) electrons. The lowest BCUT2D eigenvalue weighted by Gasteiger charge is -2.34. The molecule has 1 saturated carbocycles. The second-order valence-electron chi connectivity index (χ2n) is 5.79. The number of nitrogens with zero attached hydrogens (tertiary/aromatic N) is 3. The number of fused-ring (bicyclic) bond motifs is 1. The van der Waals surface area contributed by atoms with Gasteiger partial charge >= 0.3 is 0 Å². The Balaban J connectivity index is 1.97. The van der Waals surface area contributed by atoms with E-state index in [2.05, 4.69) is 28.3 Å². The van der Waals surface area contributed by atoms with Gasteiger partial charge in [0.25, 0.3) is 0 Å². The molecule has 1 aromatic heterocycles. The molecule has 106 valence electrons. The molecule has 0 unspecified atom stereocenters. The molecular formula is C16H16N4O. The van der Waals surface area contributed by atoms with Crippen molar-refractivity contribution in [3.05, 3.63) is 30.1 Å². The molecule has 5 nitrogen and oxygen atoms in total. The van der Waals surface area contributed by atoms with Crippen LogP contribution in [-0.4, -0.2) is 21.3 Å². The fraction of sp³-hybridized carbons (Fsp3) is 0.375. The number of Topliss-reactive ketones (excluding diaryl/α,β-unsaturated/α-hetero) is 1. The van der Waals surface area contributed by atoms with Crippen molar-refractivity contribution in [1.82, 2.24) is 9.97 Å². The molecule has 1 aliphatic rings. The van der Waals surface area contributed by atoms with Crippen molar-refractivity contribution < 1.29 is 4.79 Å². The first-order chi connectivity index (χ1) is 10.1. The standard InChI is InChI=1S/C16H16N4O/c1-16(6-4-12(21)5-7-16)20-15-13-8-11(9-17)2-3-14(13)18-10-19-15/h2-3,8,10H,4-7H2,1H3,(H,18,19,20). The van der Waals surface area contributed by atoms with Gasteiger partial charge in [-0.2, -0.15) is 5.26 Å². The van der Waals surface area contributed by atoms with E-state index in [0.29, 0.717) is 24.2 Å². The van der Waals surface area contributed by atoms with E-state index in [9.17, 15) is 4.79 Å². The molecule has 1 aromatic carbocycles. The third-order valence-electron chi connectivity index (χ3n) is 4.10. The Morgan fingerprint density at radius 3 is 2.76 bits per heavy atom. The molecule has 1 fully saturated rings. The number of rotatable bonds is 2. The SMILES string of the molecule is CC1(Nc2ncnc3ccc(C#N)cc23)CCC(=O)CC1. The predicted molar refractivity (Wildman–Crippen MR) is 79.8 cm³/mol. The molecule has 0 spiro atoms. The number of carbonyl (C=O) groups excluding carboxylic acids is 1. The summed E-state index contributed by atoms with van der Waals surface area (Å²) >= 11 is 0. The van der Waals surface area contributed by atoms with Gasteiger partial charge < -0.3 is 5.32 Å². The molecule has 5 heteroatoms. The van der Waals surface area contributed by atoms with Crippen molar-refractivity contribution in [2.24, 2.45) is 0 Å². The molecule has 0 saturated heterocycles. The number of nitriles is 1. The number of anilines is 1. The highest BCUT2D eigenvalue weighted by Gasteiger charge is 2.30. The predicted octanol–water partition coefficient (Wildman–Crippen LogP) is 2.82. The van der Waals surface area contributed by atoms with Gasteiger partial charge in [-0.05, 0) is 38.0 Å². The number of carbonyl (C=O) groups is 1. The molecule has 0 atom stereocenters. The quantitative estimate of drug-likeness (QED) is 0.915. The number of hydrogen-bond donors (Lipinski definition) is 1. The third kappa shape index (κ3) is 2.70. The fourth-order valence-corrected chi connectivity index (χ4v) is 2.72. The van der Waals surface area contributed by atoms with Gasteiger partial charge in [-0.3, -0.25) is 4.79 Å². The van der Waals surface area contributed by atoms with Gasteiger partial charge in [0, 0.05) is 23.8 Å². The lowest BCUT2D eigenvalue weighted by Crippen LogP contribution is -2.39. The summed E-state index contributed by atoms with van der Waals surface area (Å²) in [7, 11) is 0. The number of benzene rings is 1. The summed E-state index contributed by atoms with van der Waals surface area (Å²) in [6.45, 7) is 2.11. The summed E-state index contributed by atoms with van der Waals surface area (Å²) in [6, 6.07) is 7.51. The Morgan fingerprint density at radius 2 is 2.05 bits per heavy atom. The molecule has 2 aromatic rings. The highest BCUT2D eigenvalue weighted by molar-refractivity contribution is 5.90. The molecule has 1 N–H and O–H groups in total. The van der Waals surface area contributed by atoms with Crippen LogP contribution in [-0.2, 0) is 4.79 Å². The molecule has 1 heterocycles. The van der Waals surface area contributed by atoms with Crippen LogP contribution in [0.15, 0.2) is 24.5 Å². The van der Waals surface area contributed by atoms with E-state index in [1.54, 1.807) is 12.1 Å². The fourth-order valence-electron chi connectivity index (χ4n) is 2.72. The maximum absolute atomic E-state index is 11.4. The minimum atomic E-state index is -0.141. The van der Waals surface area contributed by atoms with Crippen LogP contribution in [0.2, 0.25) is 0 Å². The summed E-state index contributed by atoms with van der Waals surface area (Å²) in [4.78, 5) is 20.0. The molecule has 0 bridgehead atoms. The second-order valence-corrected chi connectivity index (χ2v) is 5.79. The lowest BCUT2D eigenvalue weighted by molar-refractivity contribution is -0.121. The van der Waals surface area contributed by atoms with Gasteiger partial charge in [0.2, 0.25) is 0 Å². The molecule has 0 aliphatic heterocycles. The van der Waals surface area contributed by atoms with Crippen LogP contribution in [0, 0.1) is 11.3 Å². The van der Waals surface area contributed by atoms with Gasteiger partial charge in [-0.15, -0.1) is 0 Å². The normalized spacial score (nSPS) is 17.4. The zero-order valence-corrected chi connectivity index (χ0v) is 11.9. The van der Waals surface area contributed by atoms with Crippen molar-refractivity contribution >= 4 is 22.5 Å². The molecule has 21 heavy (non-hydrogen) atoms. The smallest absolute Gasteiger partial charge is 0.137 e. The number of aromatic nitrogens is 2. The van der Waals surface area contributed by atoms with E-state index in [0.717, 1.165) is 29.6 Å². The summed E-state index contributed by atoms with van der Waals surface area (Å²) < 4.78 is 0. The molecule has 0 amide bonds. The number of ketones is 1. The topological polar surface area (TPSA) is 78.7 Å². The Morgan fingerprint density at radius 1 is 1.29 bits per heavy atom. The van der Waals surface area contributed by atoms with Crippen LogP contribution in [0.1, 0.15) is 38.2 Å². The first kappa shape index (κ1) is 13.5. The Bertz CT molecular complexity index is 738. The van der Waals surface area contributed by atoms with Crippen LogP contribution in [0.4, 0.5) is 5.82 Å². The minimum absolute atomic E-state index is 0.141. The Kier molecular flexibility index (Phi) is 3.30. The van der Waals surface area contributed by atoms with Crippen molar-refractivity contribution in [3.8, 4) is 6.07 Å². The van der Waals surface area contributed by atoms with Crippen LogP contribution in [0.3, 0.4) is 0 Å². The monoisotopic (exact) mass is 280 g/mol. The number of hydrogen-bond acceptors (Lipinski definition) is 5. The van der Waals surface area contributed by atoms with Crippen LogP contribution >= 0.6 is 0 Å². The average molecular weight is 280 g/mol. The van der Waals surface area contributed by atoms with Crippen molar-refractivity contribution in [2.45, 2.75) is 38.1 Å². The summed E-state index contributed by atoms with van der Waals surface area (Å²) in [5, 5.41) is 13.3. The molecular weight excluding hydrogens is 264 g/mol. The van der Waals surface area contributed by atoms with E-state index in [4.69, 9.17) is 5.26 Å². The van der Waals surface area contributed by atoms with E-state index >= 15 is 0 Å². The lowest BCUT2D eigenvalue weighted by atomic mass is 9.82. The minimum Gasteiger partial charge on any atom is -0.364 e. The van der Waals surface area contributed by atoms with Crippen molar-refractivity contribution in [2.75, 3.05) is 5.32 Å². The zero-order valence-electron chi connectivity index (χ0n) is 11.9. The Labute approximate surface area is 123 Å². The maximum atomic E-state index is 11.4. The van der Waals surface area contributed by atoms with Crippen molar-refractivity contribution in [1.29, 1.82) is 5.26 Å². The van der Waals surface area contributed by atoms with E-state index < -0.39 is 0 Å². The largest absolute Gasteiger partial charge is 0.364 e. The summed E-state index contributed by atoms with van der Waals surface area (Å²) in [5.74, 6) is 1.06. The van der Waals surface area contributed by atoms with Crippen LogP contribution in [0.5, 0.6) is 0 Å². The van der Waals surface area contributed by atoms with Gasteiger partial charge in [-0.1, -0.05) is 0 Å². The number of nitrogens with one attached hydrogen (secondary N) is 1. The van der Waals surface area contributed by atoms with E-state index in [1.165, 1.54) is 6.33 Å². The van der Waals surface area contributed by atoms with Gasteiger partial charge in [0.05, 0.1) is 17.1 Å². The van der Waals surface area contributed by atoms with Crippen molar-refractivity contribution in [3.63, 3.8) is 0 Å². The van der Waals surface area contributed by atoms with E-state index in [1.807, 2.05) is 6.07 Å². The zero-order chi connectivity index (χ0) is 14.9. The van der Waals surface area contributed by atoms with Gasteiger partial charge in [-0.25, -0.2) is 9.97 Å².